The Labute approximate surface area is 243 Å². The van der Waals surface area contributed by atoms with Gasteiger partial charge in [0, 0.05) is 43.2 Å². The van der Waals surface area contributed by atoms with Crippen LogP contribution in [0.1, 0.15) is 47.5 Å². The molecule has 42 heavy (non-hydrogen) atoms. The Morgan fingerprint density at radius 1 is 1.12 bits per heavy atom. The van der Waals surface area contributed by atoms with Crippen LogP contribution in [0.4, 0.5) is 0 Å². The topological polar surface area (TPSA) is 117 Å². The first-order chi connectivity index (χ1) is 20.3. The summed E-state index contributed by atoms with van der Waals surface area (Å²) in [6.45, 7) is 5.46. The molecule has 8 rings (SSSR count). The normalized spacial score (nSPS) is 21.7. The lowest BCUT2D eigenvalue weighted by atomic mass is 10.1. The SMILES string of the molecule is COc1cc(C(=O)N2CC3CCC2C3N)cc2nc(-c3cc4ccc(-c5c(C)noc5C)nc4n3CC3CC3)n(C)c12. The van der Waals surface area contributed by atoms with Gasteiger partial charge >= 0.3 is 0 Å². The van der Waals surface area contributed by atoms with Gasteiger partial charge in [-0.15, -0.1) is 0 Å². The molecular weight excluding hydrogens is 530 g/mol. The van der Waals surface area contributed by atoms with Crippen molar-refractivity contribution in [3.8, 4) is 28.5 Å². The number of rotatable bonds is 6. The number of benzene rings is 1. The first kappa shape index (κ1) is 25.5. The van der Waals surface area contributed by atoms with Crippen LogP contribution >= 0.6 is 0 Å². The molecule has 2 bridgehead atoms. The maximum atomic E-state index is 13.7. The molecule has 2 N–H and O–H groups in total. The van der Waals surface area contributed by atoms with Crippen LogP contribution in [0.2, 0.25) is 0 Å². The van der Waals surface area contributed by atoms with Gasteiger partial charge in [0.15, 0.2) is 5.82 Å². The number of aromatic nitrogens is 5. The lowest BCUT2D eigenvalue weighted by Gasteiger charge is -2.27. The van der Waals surface area contributed by atoms with Crippen LogP contribution in [0.25, 0.3) is 44.8 Å². The van der Waals surface area contributed by atoms with Gasteiger partial charge in [-0.2, -0.15) is 0 Å². The second-order valence-corrected chi connectivity index (χ2v) is 12.4. The number of fused-ring (bicyclic) bond motifs is 4. The molecular formula is C32H35N7O3. The zero-order valence-electron chi connectivity index (χ0n) is 24.4. The van der Waals surface area contributed by atoms with E-state index >= 15 is 0 Å². The molecule has 3 unspecified atom stereocenters. The minimum atomic E-state index is 0.00366. The smallest absolute Gasteiger partial charge is 0.254 e. The summed E-state index contributed by atoms with van der Waals surface area (Å²) in [7, 11) is 3.66. The molecule has 3 fully saturated rings. The molecule has 216 valence electrons. The van der Waals surface area contributed by atoms with Crippen LogP contribution in [-0.2, 0) is 13.6 Å². The van der Waals surface area contributed by atoms with Gasteiger partial charge in [0.25, 0.3) is 5.91 Å². The number of amides is 1. The Bertz CT molecular complexity index is 1880. The zero-order valence-corrected chi connectivity index (χ0v) is 24.4. The molecule has 5 heterocycles. The van der Waals surface area contributed by atoms with Gasteiger partial charge in [-0.3, -0.25) is 4.79 Å². The molecule has 10 heteroatoms. The van der Waals surface area contributed by atoms with Gasteiger partial charge in [-0.05, 0) is 81.7 Å². The predicted molar refractivity (Wildman–Crippen MR) is 159 cm³/mol. The maximum Gasteiger partial charge on any atom is 0.254 e. The van der Waals surface area contributed by atoms with Gasteiger partial charge < -0.3 is 29.0 Å². The van der Waals surface area contributed by atoms with Crippen LogP contribution in [0.5, 0.6) is 5.75 Å². The number of piperidine rings is 1. The van der Waals surface area contributed by atoms with Crippen molar-refractivity contribution in [1.29, 1.82) is 0 Å². The number of nitrogens with two attached hydrogens (primary N) is 1. The third-order valence-corrected chi connectivity index (χ3v) is 9.72. The Hall–Kier alpha value is -4.18. The summed E-state index contributed by atoms with van der Waals surface area (Å²) in [4.78, 5) is 25.9. The van der Waals surface area contributed by atoms with E-state index < -0.39 is 0 Å². The first-order valence-corrected chi connectivity index (χ1v) is 14.9. The predicted octanol–water partition coefficient (Wildman–Crippen LogP) is 4.84. The van der Waals surface area contributed by atoms with E-state index in [-0.39, 0.29) is 18.0 Å². The van der Waals surface area contributed by atoms with Crippen molar-refractivity contribution in [3.05, 3.63) is 47.3 Å². The summed E-state index contributed by atoms with van der Waals surface area (Å²) < 4.78 is 15.7. The van der Waals surface area contributed by atoms with Crippen molar-refractivity contribution in [3.63, 3.8) is 0 Å². The number of imidazole rings is 1. The number of aryl methyl sites for hydroxylation is 3. The number of ether oxygens (including phenoxy) is 1. The molecule has 2 aliphatic carbocycles. The molecule has 1 saturated heterocycles. The summed E-state index contributed by atoms with van der Waals surface area (Å²) in [5.41, 5.74) is 13.1. The number of methoxy groups -OCH3 is 1. The van der Waals surface area contributed by atoms with Gasteiger partial charge in [0.05, 0.1) is 35.3 Å². The van der Waals surface area contributed by atoms with E-state index in [1.165, 1.54) is 12.8 Å². The second-order valence-electron chi connectivity index (χ2n) is 12.4. The highest BCUT2D eigenvalue weighted by molar-refractivity contribution is 6.00. The molecule has 0 radical (unpaired) electrons. The molecule has 1 aromatic carbocycles. The summed E-state index contributed by atoms with van der Waals surface area (Å²) in [5, 5.41) is 5.19. The highest BCUT2D eigenvalue weighted by Crippen LogP contribution is 2.40. The van der Waals surface area contributed by atoms with E-state index in [1.54, 1.807) is 7.11 Å². The lowest BCUT2D eigenvalue weighted by molar-refractivity contribution is 0.0700. The molecule has 5 aromatic rings. The van der Waals surface area contributed by atoms with E-state index in [0.29, 0.717) is 23.1 Å². The van der Waals surface area contributed by atoms with E-state index in [9.17, 15) is 4.79 Å². The van der Waals surface area contributed by atoms with E-state index in [1.807, 2.05) is 44.0 Å². The maximum absolute atomic E-state index is 13.7. The highest BCUT2D eigenvalue weighted by atomic mass is 16.5. The van der Waals surface area contributed by atoms with E-state index in [2.05, 4.69) is 26.4 Å². The van der Waals surface area contributed by atoms with Crippen LogP contribution in [0, 0.1) is 25.7 Å². The van der Waals surface area contributed by atoms with Crippen LogP contribution in [-0.4, -0.2) is 60.8 Å². The molecule has 3 aliphatic rings. The van der Waals surface area contributed by atoms with Crippen molar-refractivity contribution in [2.75, 3.05) is 13.7 Å². The Morgan fingerprint density at radius 2 is 1.95 bits per heavy atom. The molecule has 0 spiro atoms. The Balaban J connectivity index is 1.25. The number of likely N-dealkylation sites (tertiary alicyclic amines) is 1. The number of hydrogen-bond acceptors (Lipinski definition) is 7. The minimum Gasteiger partial charge on any atom is -0.494 e. The third kappa shape index (κ3) is 3.74. The van der Waals surface area contributed by atoms with Crippen molar-refractivity contribution < 1.29 is 14.1 Å². The lowest BCUT2D eigenvalue weighted by Crippen LogP contribution is -2.41. The van der Waals surface area contributed by atoms with Crippen molar-refractivity contribution in [2.45, 2.75) is 58.2 Å². The van der Waals surface area contributed by atoms with Crippen LogP contribution < -0.4 is 10.5 Å². The van der Waals surface area contributed by atoms with Crippen molar-refractivity contribution >= 4 is 28.0 Å². The molecule has 1 amide bonds. The number of hydrogen-bond donors (Lipinski definition) is 1. The zero-order chi connectivity index (χ0) is 28.9. The standard InChI is InChI=1S/C32H35N7O3/c1-16-27(17(2)42-36-16)22-9-7-19-12-25(38(30(19)34-22)14-18-5-6-18)31-35-23-11-21(13-26(41-4)29(23)37(31)3)32(40)39-15-20-8-10-24(39)28(20)33/h7,9,11-13,18,20,24,28H,5-6,8,10,14-15,33H2,1-4H3. The average Bonchev–Trinajstić information content (AvgIpc) is 3.17. The molecule has 1 aliphatic heterocycles. The number of pyridine rings is 1. The Kier molecular flexibility index (Phi) is 5.57. The Morgan fingerprint density at radius 3 is 2.62 bits per heavy atom. The summed E-state index contributed by atoms with van der Waals surface area (Å²) >= 11 is 0. The van der Waals surface area contributed by atoms with Crippen LogP contribution in [0.15, 0.2) is 34.9 Å². The van der Waals surface area contributed by atoms with Gasteiger partial charge in [0.2, 0.25) is 0 Å². The fraction of sp³-hybridized carbons (Fsp3) is 0.438. The van der Waals surface area contributed by atoms with E-state index in [0.717, 1.165) is 82.2 Å². The number of carbonyl (C=O) groups is 1. The van der Waals surface area contributed by atoms with Gasteiger partial charge in [-0.25, -0.2) is 9.97 Å². The number of carbonyl (C=O) groups excluding carboxylic acids is 1. The summed E-state index contributed by atoms with van der Waals surface area (Å²) in [5.74, 6) is 3.23. The van der Waals surface area contributed by atoms with E-state index in [4.69, 9.17) is 25.0 Å². The van der Waals surface area contributed by atoms with Crippen molar-refractivity contribution in [2.24, 2.45) is 24.6 Å². The monoisotopic (exact) mass is 565 g/mol. The minimum absolute atomic E-state index is 0.00366. The summed E-state index contributed by atoms with van der Waals surface area (Å²) in [6.07, 6.45) is 4.51. The second kappa shape index (κ2) is 9.16. The fourth-order valence-electron chi connectivity index (χ4n) is 7.31. The van der Waals surface area contributed by atoms with Crippen molar-refractivity contribution in [1.82, 2.24) is 29.2 Å². The number of nitrogens with zero attached hydrogens (tertiary/aromatic N) is 6. The third-order valence-electron chi connectivity index (χ3n) is 9.72. The average molecular weight is 566 g/mol. The molecule has 3 atom stereocenters. The molecule has 10 nitrogen and oxygen atoms in total. The quantitative estimate of drug-likeness (QED) is 0.313. The first-order valence-electron chi connectivity index (χ1n) is 14.9. The van der Waals surface area contributed by atoms with Gasteiger partial charge in [0.1, 0.15) is 22.7 Å². The fourth-order valence-corrected chi connectivity index (χ4v) is 7.31. The molecule has 4 aromatic heterocycles. The molecule has 2 saturated carbocycles. The van der Waals surface area contributed by atoms with Crippen LogP contribution in [0.3, 0.4) is 0 Å². The van der Waals surface area contributed by atoms with Gasteiger partial charge in [-0.1, -0.05) is 5.16 Å². The largest absolute Gasteiger partial charge is 0.494 e. The highest BCUT2D eigenvalue weighted by Gasteiger charge is 2.47. The summed E-state index contributed by atoms with van der Waals surface area (Å²) in [6, 6.07) is 10.3.